The van der Waals surface area contributed by atoms with Gasteiger partial charge in [-0.05, 0) is 24.6 Å². The molecule has 0 radical (unpaired) electrons. The first-order valence-corrected chi connectivity index (χ1v) is 12.0. The van der Waals surface area contributed by atoms with Gasteiger partial charge in [0.2, 0.25) is 0 Å². The molecule has 2 atom stereocenters. The smallest absolute Gasteiger partial charge is 0.338 e. The minimum absolute atomic E-state index is 0.108. The highest BCUT2D eigenvalue weighted by Crippen LogP contribution is 2.51. The Labute approximate surface area is 191 Å². The number of hydrogen-bond acceptors (Lipinski definition) is 5. The topological polar surface area (TPSA) is 54.0 Å². The van der Waals surface area contributed by atoms with E-state index in [-0.39, 0.29) is 18.0 Å². The molecule has 2 aliphatic heterocycles. The fourth-order valence-corrected chi connectivity index (χ4v) is 4.57. The number of ether oxygens (including phenoxy) is 4. The summed E-state index contributed by atoms with van der Waals surface area (Å²) in [5, 5.41) is 0. The van der Waals surface area contributed by atoms with Gasteiger partial charge in [0.1, 0.15) is 23.4 Å². The number of fused-ring (bicyclic) bond motifs is 5. The van der Waals surface area contributed by atoms with Gasteiger partial charge in [-0.25, -0.2) is 4.79 Å². The molecule has 32 heavy (non-hydrogen) atoms. The molecule has 5 heteroatoms. The summed E-state index contributed by atoms with van der Waals surface area (Å²) in [5.74, 6) is 2.17. The molecule has 0 N–H and O–H groups in total. The summed E-state index contributed by atoms with van der Waals surface area (Å²) in [7, 11) is 1.65. The van der Waals surface area contributed by atoms with E-state index in [1.54, 1.807) is 13.2 Å². The Kier molecular flexibility index (Phi) is 7.56. The summed E-state index contributed by atoms with van der Waals surface area (Å²) in [6.45, 7) is 3.23. The van der Waals surface area contributed by atoms with Gasteiger partial charge >= 0.3 is 5.97 Å². The van der Waals surface area contributed by atoms with Crippen LogP contribution in [0, 0.1) is 0 Å². The number of carbonyl (C=O) groups excluding carboxylic acids is 1. The van der Waals surface area contributed by atoms with Crippen LogP contribution in [-0.2, 0) is 4.74 Å². The molecule has 2 heterocycles. The van der Waals surface area contributed by atoms with Crippen molar-refractivity contribution in [3.05, 3.63) is 53.1 Å². The van der Waals surface area contributed by atoms with Crippen LogP contribution >= 0.6 is 0 Å². The number of benzene rings is 2. The highest BCUT2D eigenvalue weighted by atomic mass is 16.5. The van der Waals surface area contributed by atoms with E-state index in [1.807, 2.05) is 30.3 Å². The first kappa shape index (κ1) is 22.5. The SMILES string of the molecule is CCCCCCCCCCOC(=O)c1ccc2c(c1)OC[C@@H]1c3ccc(OC)cc3O[C@H]21. The predicted octanol–water partition coefficient (Wildman–Crippen LogP) is 6.60. The van der Waals surface area contributed by atoms with Gasteiger partial charge in [0.25, 0.3) is 0 Å². The van der Waals surface area contributed by atoms with Crippen molar-refractivity contribution in [2.45, 2.75) is 70.3 Å². The van der Waals surface area contributed by atoms with Gasteiger partial charge in [-0.15, -0.1) is 0 Å². The minimum atomic E-state index is -0.290. The zero-order valence-electron chi connectivity index (χ0n) is 19.2. The summed E-state index contributed by atoms with van der Waals surface area (Å²) in [6, 6.07) is 11.4. The first-order chi connectivity index (χ1) is 15.7. The van der Waals surface area contributed by atoms with Gasteiger partial charge in [0, 0.05) is 17.2 Å². The van der Waals surface area contributed by atoms with Gasteiger partial charge < -0.3 is 18.9 Å². The maximum atomic E-state index is 12.5. The van der Waals surface area contributed by atoms with E-state index in [4.69, 9.17) is 18.9 Å². The van der Waals surface area contributed by atoms with Crippen molar-refractivity contribution in [2.24, 2.45) is 0 Å². The molecule has 4 rings (SSSR count). The van der Waals surface area contributed by atoms with Gasteiger partial charge in [-0.1, -0.05) is 64.0 Å². The van der Waals surface area contributed by atoms with Crippen LogP contribution in [0.3, 0.4) is 0 Å². The standard InChI is InChI=1S/C27H34O5/c1-3-4-5-6-7-8-9-10-15-30-27(28)19-11-13-22-24(16-19)31-18-23-21-14-12-20(29-2)17-25(21)32-26(22)23/h11-14,16-17,23,26H,3-10,15,18H2,1-2H3/t23-,26-/m1/s1. The Morgan fingerprint density at radius 2 is 1.69 bits per heavy atom. The molecule has 0 aromatic heterocycles. The zero-order valence-corrected chi connectivity index (χ0v) is 19.2. The van der Waals surface area contributed by atoms with Crippen molar-refractivity contribution in [1.82, 2.24) is 0 Å². The highest BCUT2D eigenvalue weighted by molar-refractivity contribution is 5.90. The van der Waals surface area contributed by atoms with Crippen molar-refractivity contribution in [1.29, 1.82) is 0 Å². The van der Waals surface area contributed by atoms with Crippen molar-refractivity contribution in [3.8, 4) is 17.2 Å². The van der Waals surface area contributed by atoms with Crippen molar-refractivity contribution < 1.29 is 23.7 Å². The number of methoxy groups -OCH3 is 1. The molecule has 0 unspecified atom stereocenters. The first-order valence-electron chi connectivity index (χ1n) is 12.0. The molecule has 0 saturated heterocycles. The molecule has 0 bridgehead atoms. The lowest BCUT2D eigenvalue weighted by atomic mass is 9.89. The Bertz CT molecular complexity index is 922. The number of esters is 1. The maximum absolute atomic E-state index is 12.5. The fourth-order valence-electron chi connectivity index (χ4n) is 4.57. The average molecular weight is 439 g/mol. The second-order valence-corrected chi connectivity index (χ2v) is 8.72. The third kappa shape index (κ3) is 5.03. The van der Waals surface area contributed by atoms with E-state index in [9.17, 15) is 4.79 Å². The van der Waals surface area contributed by atoms with Gasteiger partial charge in [-0.3, -0.25) is 0 Å². The quantitative estimate of drug-likeness (QED) is 0.292. The van der Waals surface area contributed by atoms with Crippen LogP contribution in [-0.4, -0.2) is 26.3 Å². The summed E-state index contributed by atoms with van der Waals surface area (Å²) in [5.41, 5.74) is 2.63. The minimum Gasteiger partial charge on any atom is -0.497 e. The molecule has 172 valence electrons. The number of hydrogen-bond donors (Lipinski definition) is 0. The molecular formula is C27H34O5. The van der Waals surface area contributed by atoms with E-state index >= 15 is 0 Å². The Morgan fingerprint density at radius 3 is 2.47 bits per heavy atom. The fraction of sp³-hybridized carbons (Fsp3) is 0.519. The van der Waals surface area contributed by atoms with Crippen LogP contribution in [0.4, 0.5) is 0 Å². The van der Waals surface area contributed by atoms with Crippen LogP contribution in [0.5, 0.6) is 17.2 Å². The van der Waals surface area contributed by atoms with Crippen LogP contribution in [0.25, 0.3) is 0 Å². The Morgan fingerprint density at radius 1 is 0.938 bits per heavy atom. The van der Waals surface area contributed by atoms with Gasteiger partial charge in [-0.2, -0.15) is 0 Å². The van der Waals surface area contributed by atoms with E-state index < -0.39 is 0 Å². The average Bonchev–Trinajstić information content (AvgIpc) is 3.20. The predicted molar refractivity (Wildman–Crippen MR) is 124 cm³/mol. The molecule has 2 aromatic carbocycles. The van der Waals surface area contributed by atoms with Crippen LogP contribution in [0.2, 0.25) is 0 Å². The third-order valence-electron chi connectivity index (χ3n) is 6.44. The zero-order chi connectivity index (χ0) is 22.3. The largest absolute Gasteiger partial charge is 0.497 e. The summed E-state index contributed by atoms with van der Waals surface area (Å²) in [6.07, 6.45) is 9.66. The maximum Gasteiger partial charge on any atom is 0.338 e. The van der Waals surface area contributed by atoms with E-state index in [0.717, 1.165) is 35.5 Å². The molecule has 5 nitrogen and oxygen atoms in total. The monoisotopic (exact) mass is 438 g/mol. The molecule has 0 aliphatic carbocycles. The molecule has 2 aliphatic rings. The normalized spacial score (nSPS) is 18.1. The van der Waals surface area contributed by atoms with Gasteiger partial charge in [0.15, 0.2) is 0 Å². The number of carbonyl (C=O) groups is 1. The third-order valence-corrected chi connectivity index (χ3v) is 6.44. The Balaban J connectivity index is 1.28. The number of unbranched alkanes of at least 4 members (excludes halogenated alkanes) is 7. The second kappa shape index (κ2) is 10.8. The molecule has 2 aromatic rings. The lowest BCUT2D eigenvalue weighted by molar-refractivity contribution is 0.0496. The number of rotatable bonds is 11. The molecule has 0 spiro atoms. The lowest BCUT2D eigenvalue weighted by Gasteiger charge is -2.28. The van der Waals surface area contributed by atoms with Crippen molar-refractivity contribution in [3.63, 3.8) is 0 Å². The molecule has 0 fully saturated rings. The van der Waals surface area contributed by atoms with Crippen LogP contribution in [0.15, 0.2) is 36.4 Å². The summed E-state index contributed by atoms with van der Waals surface area (Å²) >= 11 is 0. The van der Waals surface area contributed by atoms with Crippen LogP contribution in [0.1, 0.15) is 91.8 Å². The summed E-state index contributed by atoms with van der Waals surface area (Å²) < 4.78 is 23.1. The molecular weight excluding hydrogens is 404 g/mol. The van der Waals surface area contributed by atoms with Gasteiger partial charge in [0.05, 0.1) is 31.8 Å². The molecule has 0 amide bonds. The van der Waals surface area contributed by atoms with E-state index in [2.05, 4.69) is 6.92 Å². The Hall–Kier alpha value is -2.69. The highest BCUT2D eigenvalue weighted by Gasteiger charge is 2.41. The van der Waals surface area contributed by atoms with Crippen molar-refractivity contribution >= 4 is 5.97 Å². The second-order valence-electron chi connectivity index (χ2n) is 8.72. The van der Waals surface area contributed by atoms with Crippen molar-refractivity contribution in [2.75, 3.05) is 20.3 Å². The van der Waals surface area contributed by atoms with E-state index in [0.29, 0.717) is 24.5 Å². The van der Waals surface area contributed by atoms with Crippen LogP contribution < -0.4 is 14.2 Å². The summed E-state index contributed by atoms with van der Waals surface area (Å²) in [4.78, 5) is 12.5. The van der Waals surface area contributed by atoms with E-state index in [1.165, 1.54) is 38.5 Å². The molecule has 0 saturated carbocycles. The lowest BCUT2D eigenvalue weighted by Crippen LogP contribution is -2.23.